The minimum Gasteiger partial charge on any atom is -0.373 e. The van der Waals surface area contributed by atoms with Gasteiger partial charge in [0, 0.05) is 18.5 Å². The van der Waals surface area contributed by atoms with E-state index in [1.165, 1.54) is 0 Å². The quantitative estimate of drug-likeness (QED) is 0.763. The molecule has 1 aromatic rings. The lowest BCUT2D eigenvalue weighted by molar-refractivity contribution is 0.419. The zero-order valence-electron chi connectivity index (χ0n) is 11.9. The molecule has 0 aromatic heterocycles. The zero-order valence-corrected chi connectivity index (χ0v) is 12.8. The molecule has 98 valence electrons. The first-order valence-electron chi connectivity index (χ1n) is 6.26. The Morgan fingerprint density at radius 1 is 1.33 bits per heavy atom. The van der Waals surface area contributed by atoms with Crippen molar-refractivity contribution in [3.8, 4) is 6.07 Å². The first kappa shape index (κ1) is 14.9. The van der Waals surface area contributed by atoms with Gasteiger partial charge >= 0.3 is 0 Å². The number of benzene rings is 1. The van der Waals surface area contributed by atoms with Crippen LogP contribution in [0.2, 0.25) is 0 Å². The minimum atomic E-state index is 0.218. The van der Waals surface area contributed by atoms with Gasteiger partial charge in [-0.2, -0.15) is 5.26 Å². The van der Waals surface area contributed by atoms with Crippen molar-refractivity contribution in [2.45, 2.75) is 32.6 Å². The third-order valence-corrected chi connectivity index (χ3v) is 3.48. The molecular weight excluding hydrogens is 240 g/mol. The monoisotopic (exact) mass is 262 g/mol. The summed E-state index contributed by atoms with van der Waals surface area (Å²) >= 11 is 1.73. The Morgan fingerprint density at radius 3 is 2.50 bits per heavy atom. The molecule has 0 fully saturated rings. The van der Waals surface area contributed by atoms with E-state index in [1.54, 1.807) is 11.8 Å². The highest BCUT2D eigenvalue weighted by Gasteiger charge is 2.17. The van der Waals surface area contributed by atoms with Gasteiger partial charge in [0.2, 0.25) is 0 Å². The van der Waals surface area contributed by atoms with Crippen molar-refractivity contribution in [1.29, 1.82) is 5.26 Å². The summed E-state index contributed by atoms with van der Waals surface area (Å²) in [5.74, 6) is 0.987. The number of nitrogens with zero attached hydrogens (tertiary/aromatic N) is 2. The predicted molar refractivity (Wildman–Crippen MR) is 80.3 cm³/mol. The first-order chi connectivity index (χ1) is 8.39. The van der Waals surface area contributed by atoms with Crippen LogP contribution in [0.25, 0.3) is 0 Å². The molecule has 0 aliphatic carbocycles. The van der Waals surface area contributed by atoms with Crippen LogP contribution in [0.5, 0.6) is 0 Å². The van der Waals surface area contributed by atoms with Gasteiger partial charge in [-0.1, -0.05) is 33.8 Å². The van der Waals surface area contributed by atoms with Crippen molar-refractivity contribution in [3.63, 3.8) is 0 Å². The molecule has 0 spiro atoms. The third-order valence-electron chi connectivity index (χ3n) is 2.54. The van der Waals surface area contributed by atoms with Crippen LogP contribution in [0.3, 0.4) is 0 Å². The van der Waals surface area contributed by atoms with E-state index < -0.39 is 0 Å². The molecule has 0 atom stereocenters. The van der Waals surface area contributed by atoms with E-state index in [2.05, 4.69) is 45.7 Å². The molecule has 0 unspecified atom stereocenters. The van der Waals surface area contributed by atoms with Gasteiger partial charge in [0.05, 0.1) is 11.3 Å². The molecule has 0 saturated carbocycles. The largest absolute Gasteiger partial charge is 0.373 e. The molecule has 0 aliphatic rings. The van der Waals surface area contributed by atoms with E-state index >= 15 is 0 Å². The molecular formula is C15H22N2S. The standard InChI is InChI=1S/C15H22N2S/c1-6-18-14-9-7-8-13(12(14)10-16)17(5)11-15(2,3)4/h7-9H,6,11H2,1-5H3. The van der Waals surface area contributed by atoms with Crippen molar-refractivity contribution in [2.24, 2.45) is 5.41 Å². The van der Waals surface area contributed by atoms with E-state index in [1.807, 2.05) is 18.2 Å². The summed E-state index contributed by atoms with van der Waals surface area (Å²) in [5, 5.41) is 9.38. The fourth-order valence-electron chi connectivity index (χ4n) is 2.02. The molecule has 2 nitrogen and oxygen atoms in total. The normalized spacial score (nSPS) is 11.1. The lowest BCUT2D eigenvalue weighted by Crippen LogP contribution is -2.29. The van der Waals surface area contributed by atoms with Crippen LogP contribution in [0, 0.1) is 16.7 Å². The minimum absolute atomic E-state index is 0.218. The number of anilines is 1. The van der Waals surface area contributed by atoms with E-state index in [9.17, 15) is 5.26 Å². The number of nitriles is 1. The van der Waals surface area contributed by atoms with Crippen molar-refractivity contribution >= 4 is 17.4 Å². The Bertz CT molecular complexity index is 441. The van der Waals surface area contributed by atoms with E-state index in [0.717, 1.165) is 28.4 Å². The smallest absolute Gasteiger partial charge is 0.103 e. The van der Waals surface area contributed by atoms with Crippen molar-refractivity contribution < 1.29 is 0 Å². The first-order valence-corrected chi connectivity index (χ1v) is 7.24. The number of hydrogen-bond donors (Lipinski definition) is 0. The van der Waals surface area contributed by atoms with Gasteiger partial charge in [0.25, 0.3) is 0 Å². The Balaban J connectivity index is 3.09. The SMILES string of the molecule is CCSc1cccc(N(C)CC(C)(C)C)c1C#N. The average Bonchev–Trinajstić information content (AvgIpc) is 2.27. The Kier molecular flexibility index (Phi) is 5.10. The van der Waals surface area contributed by atoms with Crippen LogP contribution in [-0.2, 0) is 0 Å². The van der Waals surface area contributed by atoms with Crippen LogP contribution < -0.4 is 4.90 Å². The molecule has 1 rings (SSSR count). The summed E-state index contributed by atoms with van der Waals surface area (Å²) in [7, 11) is 2.06. The van der Waals surface area contributed by atoms with Gasteiger partial charge in [0.1, 0.15) is 6.07 Å². The molecule has 0 saturated heterocycles. The second-order valence-corrected chi connectivity index (χ2v) is 6.92. The zero-order chi connectivity index (χ0) is 13.8. The summed E-state index contributed by atoms with van der Waals surface area (Å²) in [6, 6.07) is 8.45. The van der Waals surface area contributed by atoms with Gasteiger partial charge in [-0.3, -0.25) is 0 Å². The van der Waals surface area contributed by atoms with E-state index in [4.69, 9.17) is 0 Å². The van der Waals surface area contributed by atoms with E-state index in [-0.39, 0.29) is 5.41 Å². The van der Waals surface area contributed by atoms with Crippen molar-refractivity contribution in [1.82, 2.24) is 0 Å². The molecule has 0 radical (unpaired) electrons. The lowest BCUT2D eigenvalue weighted by Gasteiger charge is -2.29. The molecule has 0 aliphatic heterocycles. The molecule has 0 heterocycles. The maximum atomic E-state index is 9.38. The summed E-state index contributed by atoms with van der Waals surface area (Å²) in [4.78, 5) is 3.26. The Hall–Kier alpha value is -1.14. The van der Waals surface area contributed by atoms with Gasteiger partial charge < -0.3 is 4.90 Å². The van der Waals surface area contributed by atoms with Gasteiger partial charge in [-0.15, -0.1) is 11.8 Å². The Morgan fingerprint density at radius 2 is 2.00 bits per heavy atom. The summed E-state index contributed by atoms with van der Waals surface area (Å²) < 4.78 is 0. The van der Waals surface area contributed by atoms with Gasteiger partial charge in [-0.05, 0) is 23.3 Å². The summed E-state index contributed by atoms with van der Waals surface area (Å²) in [5.41, 5.74) is 2.05. The fraction of sp³-hybridized carbons (Fsp3) is 0.533. The Labute approximate surface area is 115 Å². The van der Waals surface area contributed by atoms with Crippen molar-refractivity contribution in [3.05, 3.63) is 23.8 Å². The predicted octanol–water partition coefficient (Wildman–Crippen LogP) is 4.15. The van der Waals surface area contributed by atoms with Gasteiger partial charge in [-0.25, -0.2) is 0 Å². The highest BCUT2D eigenvalue weighted by molar-refractivity contribution is 7.99. The lowest BCUT2D eigenvalue weighted by atomic mass is 9.96. The average molecular weight is 262 g/mol. The number of hydrogen-bond acceptors (Lipinski definition) is 3. The maximum absolute atomic E-state index is 9.38. The second-order valence-electron chi connectivity index (χ2n) is 5.61. The van der Waals surface area contributed by atoms with Crippen LogP contribution in [0.4, 0.5) is 5.69 Å². The number of rotatable bonds is 4. The molecule has 0 bridgehead atoms. The molecule has 18 heavy (non-hydrogen) atoms. The summed E-state index contributed by atoms with van der Waals surface area (Å²) in [6.45, 7) is 9.67. The van der Waals surface area contributed by atoms with E-state index in [0.29, 0.717) is 0 Å². The van der Waals surface area contributed by atoms with Crippen LogP contribution in [0.15, 0.2) is 23.1 Å². The van der Waals surface area contributed by atoms with Crippen LogP contribution >= 0.6 is 11.8 Å². The molecule has 0 amide bonds. The molecule has 1 aromatic carbocycles. The van der Waals surface area contributed by atoms with Gasteiger partial charge in [0.15, 0.2) is 0 Å². The highest BCUT2D eigenvalue weighted by atomic mass is 32.2. The maximum Gasteiger partial charge on any atom is 0.103 e. The molecule has 0 N–H and O–H groups in total. The van der Waals surface area contributed by atoms with Crippen LogP contribution in [0.1, 0.15) is 33.3 Å². The van der Waals surface area contributed by atoms with Crippen molar-refractivity contribution in [2.75, 3.05) is 24.2 Å². The third kappa shape index (κ3) is 3.96. The second kappa shape index (κ2) is 6.15. The topological polar surface area (TPSA) is 27.0 Å². The molecule has 3 heteroatoms. The highest BCUT2D eigenvalue weighted by Crippen LogP contribution is 2.31. The van der Waals surface area contributed by atoms with Crippen LogP contribution in [-0.4, -0.2) is 19.3 Å². The number of thioether (sulfide) groups is 1. The summed E-state index contributed by atoms with van der Waals surface area (Å²) in [6.07, 6.45) is 0. The fourth-order valence-corrected chi connectivity index (χ4v) is 2.80.